The quantitative estimate of drug-likeness (QED) is 0.353. The first-order valence-corrected chi connectivity index (χ1v) is 4.18. The van der Waals surface area contributed by atoms with E-state index in [9.17, 15) is 9.59 Å². The van der Waals surface area contributed by atoms with Crippen molar-refractivity contribution in [1.29, 1.82) is 0 Å². The van der Waals surface area contributed by atoms with E-state index in [1.165, 1.54) is 6.92 Å². The van der Waals surface area contributed by atoms with Crippen LogP contribution in [0.2, 0.25) is 0 Å². The van der Waals surface area contributed by atoms with Crippen LogP contribution >= 0.6 is 0 Å². The predicted molar refractivity (Wildman–Crippen MR) is 52.1 cm³/mol. The average molecular weight is 178 g/mol. The van der Waals surface area contributed by atoms with Gasteiger partial charge < -0.3 is 0 Å². The van der Waals surface area contributed by atoms with Crippen molar-refractivity contribution in [1.82, 2.24) is 0 Å². The highest BCUT2D eigenvalue weighted by Gasteiger charge is 2.16. The average Bonchev–Trinajstić information content (AvgIpc) is 2.02. The molecular formula is C11H14O2. The highest BCUT2D eigenvalue weighted by Crippen LogP contribution is 2.12. The first kappa shape index (κ1) is 11.6. The summed E-state index contributed by atoms with van der Waals surface area (Å²) in [5.74, 6) is 2.00. The molecule has 0 rings (SSSR count). The number of allylic oxidation sites excluding steroid dienone is 1. The van der Waals surface area contributed by atoms with Gasteiger partial charge in [-0.05, 0) is 13.3 Å². The summed E-state index contributed by atoms with van der Waals surface area (Å²) < 4.78 is 0. The van der Waals surface area contributed by atoms with Crippen molar-refractivity contribution in [2.75, 3.05) is 0 Å². The van der Waals surface area contributed by atoms with Gasteiger partial charge in [-0.15, -0.1) is 18.9 Å². The van der Waals surface area contributed by atoms with Crippen molar-refractivity contribution in [2.24, 2.45) is 5.92 Å². The molecule has 0 aliphatic carbocycles. The Kier molecular flexibility index (Phi) is 5.54. The third-order valence-electron chi connectivity index (χ3n) is 1.69. The molecule has 0 aliphatic rings. The van der Waals surface area contributed by atoms with Crippen LogP contribution in [0.5, 0.6) is 0 Å². The summed E-state index contributed by atoms with van der Waals surface area (Å²) in [7, 11) is 0. The largest absolute Gasteiger partial charge is 0.300 e. The summed E-state index contributed by atoms with van der Waals surface area (Å²) in [4.78, 5) is 22.0. The first-order chi connectivity index (χ1) is 6.11. The molecule has 1 unspecified atom stereocenters. The molecule has 0 heterocycles. The summed E-state index contributed by atoms with van der Waals surface area (Å²) in [5, 5.41) is 0. The van der Waals surface area contributed by atoms with Crippen molar-refractivity contribution in [3.8, 4) is 12.3 Å². The Morgan fingerprint density at radius 1 is 1.62 bits per heavy atom. The molecule has 2 nitrogen and oxygen atoms in total. The molecule has 0 aliphatic heterocycles. The van der Waals surface area contributed by atoms with Crippen LogP contribution in [0.15, 0.2) is 12.7 Å². The Balaban J connectivity index is 4.19. The fraction of sp³-hybridized carbons (Fsp3) is 0.455. The Morgan fingerprint density at radius 3 is 2.62 bits per heavy atom. The fourth-order valence-electron chi connectivity index (χ4n) is 1.06. The maximum absolute atomic E-state index is 11.4. The van der Waals surface area contributed by atoms with Crippen LogP contribution < -0.4 is 0 Å². The van der Waals surface area contributed by atoms with Crippen LogP contribution in [-0.4, -0.2) is 11.6 Å². The highest BCUT2D eigenvalue weighted by molar-refractivity contribution is 5.99. The standard InChI is InChI=1S/C11H14O2/c1-4-6-10(7-5-2)11(13)8-9(3)12/h1,5,10H,2,6-8H2,3H3. The van der Waals surface area contributed by atoms with Crippen molar-refractivity contribution in [3.63, 3.8) is 0 Å². The molecule has 0 saturated heterocycles. The SMILES string of the molecule is C#CCC(CC=C)C(=O)CC(C)=O. The van der Waals surface area contributed by atoms with Crippen LogP contribution in [0.25, 0.3) is 0 Å². The molecule has 0 fully saturated rings. The Hall–Kier alpha value is -1.36. The lowest BCUT2D eigenvalue weighted by Crippen LogP contribution is -2.16. The Morgan fingerprint density at radius 2 is 2.23 bits per heavy atom. The van der Waals surface area contributed by atoms with Crippen LogP contribution in [0.4, 0.5) is 0 Å². The van der Waals surface area contributed by atoms with Crippen molar-refractivity contribution in [2.45, 2.75) is 26.2 Å². The number of carbonyl (C=O) groups excluding carboxylic acids is 2. The van der Waals surface area contributed by atoms with Gasteiger partial charge in [0.15, 0.2) is 0 Å². The minimum atomic E-state index is -0.230. The van der Waals surface area contributed by atoms with Crippen LogP contribution in [0.3, 0.4) is 0 Å². The first-order valence-electron chi connectivity index (χ1n) is 4.18. The maximum Gasteiger partial charge on any atom is 0.144 e. The van der Waals surface area contributed by atoms with E-state index in [-0.39, 0.29) is 23.9 Å². The minimum Gasteiger partial charge on any atom is -0.300 e. The lowest BCUT2D eigenvalue weighted by Gasteiger charge is -2.08. The van der Waals surface area contributed by atoms with Crippen LogP contribution in [-0.2, 0) is 9.59 Å². The minimum absolute atomic E-state index is 0.0137. The summed E-state index contributed by atoms with van der Waals surface area (Å²) in [6.07, 6.45) is 7.68. The van der Waals surface area contributed by atoms with E-state index in [1.54, 1.807) is 6.08 Å². The molecule has 0 aromatic carbocycles. The normalized spacial score (nSPS) is 11.4. The van der Waals surface area contributed by atoms with Gasteiger partial charge in [0.1, 0.15) is 11.6 Å². The summed E-state index contributed by atoms with van der Waals surface area (Å²) in [5.41, 5.74) is 0. The second-order valence-corrected chi connectivity index (χ2v) is 2.97. The van der Waals surface area contributed by atoms with Crippen molar-refractivity contribution >= 4 is 11.6 Å². The van der Waals surface area contributed by atoms with E-state index in [4.69, 9.17) is 6.42 Å². The van der Waals surface area contributed by atoms with Gasteiger partial charge in [0.05, 0.1) is 6.42 Å². The molecule has 13 heavy (non-hydrogen) atoms. The zero-order valence-corrected chi connectivity index (χ0v) is 7.88. The van der Waals surface area contributed by atoms with Gasteiger partial charge in [-0.25, -0.2) is 0 Å². The number of hydrogen-bond acceptors (Lipinski definition) is 2. The summed E-state index contributed by atoms with van der Waals surface area (Å²) in [6, 6.07) is 0. The third kappa shape index (κ3) is 4.97. The van der Waals surface area contributed by atoms with E-state index in [0.717, 1.165) is 0 Å². The number of carbonyl (C=O) groups is 2. The predicted octanol–water partition coefficient (Wildman–Crippen LogP) is 1.75. The van der Waals surface area contributed by atoms with E-state index in [0.29, 0.717) is 12.8 Å². The molecule has 0 amide bonds. The summed E-state index contributed by atoms with van der Waals surface area (Å²) >= 11 is 0. The molecular weight excluding hydrogens is 164 g/mol. The van der Waals surface area contributed by atoms with Gasteiger partial charge in [0.25, 0.3) is 0 Å². The number of hydrogen-bond donors (Lipinski definition) is 0. The number of rotatable bonds is 6. The van der Waals surface area contributed by atoms with E-state index in [1.807, 2.05) is 0 Å². The van der Waals surface area contributed by atoms with Crippen molar-refractivity contribution in [3.05, 3.63) is 12.7 Å². The molecule has 0 saturated carbocycles. The number of terminal acetylenes is 1. The van der Waals surface area contributed by atoms with E-state index in [2.05, 4.69) is 12.5 Å². The highest BCUT2D eigenvalue weighted by atomic mass is 16.1. The van der Waals surface area contributed by atoms with Gasteiger partial charge in [-0.3, -0.25) is 9.59 Å². The fourth-order valence-corrected chi connectivity index (χ4v) is 1.06. The van der Waals surface area contributed by atoms with Gasteiger partial charge in [0, 0.05) is 12.3 Å². The van der Waals surface area contributed by atoms with E-state index >= 15 is 0 Å². The van der Waals surface area contributed by atoms with Gasteiger partial charge >= 0.3 is 0 Å². The van der Waals surface area contributed by atoms with Gasteiger partial charge in [-0.2, -0.15) is 0 Å². The molecule has 2 heteroatoms. The lowest BCUT2D eigenvalue weighted by molar-refractivity contribution is -0.128. The molecule has 70 valence electrons. The Bertz CT molecular complexity index is 245. The molecule has 0 aromatic heterocycles. The molecule has 0 spiro atoms. The topological polar surface area (TPSA) is 34.1 Å². The van der Waals surface area contributed by atoms with Crippen LogP contribution in [0, 0.1) is 18.3 Å². The third-order valence-corrected chi connectivity index (χ3v) is 1.69. The summed E-state index contributed by atoms with van der Waals surface area (Å²) in [6.45, 7) is 4.94. The molecule has 0 aromatic rings. The second kappa shape index (κ2) is 6.19. The van der Waals surface area contributed by atoms with Crippen molar-refractivity contribution < 1.29 is 9.59 Å². The van der Waals surface area contributed by atoms with Gasteiger partial charge in [-0.1, -0.05) is 6.08 Å². The Labute approximate surface area is 79.0 Å². The van der Waals surface area contributed by atoms with E-state index < -0.39 is 0 Å². The smallest absolute Gasteiger partial charge is 0.144 e. The zero-order chi connectivity index (χ0) is 10.3. The zero-order valence-electron chi connectivity index (χ0n) is 7.88. The molecule has 1 atom stereocenters. The van der Waals surface area contributed by atoms with Gasteiger partial charge in [0.2, 0.25) is 0 Å². The number of ketones is 2. The lowest BCUT2D eigenvalue weighted by atomic mass is 9.94. The molecule has 0 N–H and O–H groups in total. The second-order valence-electron chi connectivity index (χ2n) is 2.97. The maximum atomic E-state index is 11.4. The monoisotopic (exact) mass is 178 g/mol. The molecule has 0 bridgehead atoms. The van der Waals surface area contributed by atoms with Crippen LogP contribution in [0.1, 0.15) is 26.2 Å². The number of Topliss-reactive ketones (excluding diaryl/α,β-unsaturated/α-hetero) is 2. The molecule has 0 radical (unpaired) electrons.